The minimum Gasteiger partial charge on any atom is -0.461 e. The first-order chi connectivity index (χ1) is 11.2. The van der Waals surface area contributed by atoms with E-state index in [2.05, 4.69) is 4.98 Å². The van der Waals surface area contributed by atoms with Crippen molar-refractivity contribution >= 4 is 11.9 Å². The predicted octanol–water partition coefficient (Wildman–Crippen LogP) is 2.34. The molecule has 1 fully saturated rings. The van der Waals surface area contributed by atoms with Gasteiger partial charge in [-0.05, 0) is 31.9 Å². The van der Waals surface area contributed by atoms with E-state index in [0.29, 0.717) is 24.4 Å². The van der Waals surface area contributed by atoms with Crippen LogP contribution in [0.3, 0.4) is 0 Å². The second kappa shape index (κ2) is 5.22. The van der Waals surface area contributed by atoms with Crippen molar-refractivity contribution < 1.29 is 14.3 Å². The lowest BCUT2D eigenvalue weighted by molar-refractivity contribution is 0.0513. The summed E-state index contributed by atoms with van der Waals surface area (Å²) in [7, 11) is 0. The standard InChI is InChI=1S/C17H17N3O3/c1-2-23-17(22)14-15-13-8-5-9-19(13)16(21)11-6-3-4-7-12(11)20(15)10-18-14/h3-4,6-7,10,13H,2,5,8-9H2,1H3/t13-/m1/s1. The van der Waals surface area contributed by atoms with Gasteiger partial charge in [0.1, 0.15) is 6.33 Å². The number of ether oxygens (including phenoxy) is 1. The Bertz CT molecular complexity index is 796. The number of carbonyl (C=O) groups excluding carboxylic acids is 2. The molecule has 0 spiro atoms. The van der Waals surface area contributed by atoms with Crippen LogP contribution in [0.2, 0.25) is 0 Å². The number of benzene rings is 1. The summed E-state index contributed by atoms with van der Waals surface area (Å²) in [5, 5.41) is 0. The van der Waals surface area contributed by atoms with Crippen LogP contribution in [-0.2, 0) is 4.74 Å². The third-order valence-corrected chi connectivity index (χ3v) is 4.50. The molecule has 0 saturated carbocycles. The van der Waals surface area contributed by atoms with E-state index in [1.807, 2.05) is 33.7 Å². The van der Waals surface area contributed by atoms with Gasteiger partial charge in [0.15, 0.2) is 5.69 Å². The van der Waals surface area contributed by atoms with E-state index in [1.165, 1.54) is 0 Å². The van der Waals surface area contributed by atoms with Gasteiger partial charge in [0, 0.05) is 6.54 Å². The van der Waals surface area contributed by atoms with Crippen molar-refractivity contribution in [1.29, 1.82) is 0 Å². The Morgan fingerprint density at radius 2 is 2.22 bits per heavy atom. The highest BCUT2D eigenvalue weighted by Gasteiger charge is 2.40. The molecule has 0 unspecified atom stereocenters. The van der Waals surface area contributed by atoms with Crippen molar-refractivity contribution in [3.05, 3.63) is 47.5 Å². The first kappa shape index (κ1) is 14.0. The van der Waals surface area contributed by atoms with Crippen molar-refractivity contribution in [2.24, 2.45) is 0 Å². The SMILES string of the molecule is CCOC(=O)c1ncn2c1[C@H]1CCCN1C(=O)c1ccccc1-2. The Labute approximate surface area is 133 Å². The normalized spacial score (nSPS) is 18.9. The van der Waals surface area contributed by atoms with Crippen molar-refractivity contribution in [3.63, 3.8) is 0 Å². The van der Waals surface area contributed by atoms with Crippen LogP contribution < -0.4 is 0 Å². The number of amides is 1. The van der Waals surface area contributed by atoms with Gasteiger partial charge >= 0.3 is 5.97 Å². The average Bonchev–Trinajstić information content (AvgIpc) is 3.19. The molecular formula is C17H17N3O3. The van der Waals surface area contributed by atoms with Gasteiger partial charge in [0.25, 0.3) is 5.91 Å². The number of para-hydroxylation sites is 1. The Morgan fingerprint density at radius 1 is 1.39 bits per heavy atom. The molecule has 1 aromatic heterocycles. The lowest BCUT2D eigenvalue weighted by Crippen LogP contribution is -2.30. The fourth-order valence-corrected chi connectivity index (χ4v) is 3.54. The van der Waals surface area contributed by atoms with E-state index in [4.69, 9.17) is 4.74 Å². The number of imidazole rings is 1. The number of carbonyl (C=O) groups is 2. The van der Waals surface area contributed by atoms with Crippen LogP contribution in [0.5, 0.6) is 0 Å². The van der Waals surface area contributed by atoms with E-state index < -0.39 is 5.97 Å². The number of rotatable bonds is 2. The fourth-order valence-electron chi connectivity index (χ4n) is 3.54. The molecule has 1 atom stereocenters. The van der Waals surface area contributed by atoms with Gasteiger partial charge in [-0.2, -0.15) is 0 Å². The van der Waals surface area contributed by atoms with Crippen LogP contribution in [0, 0.1) is 0 Å². The third-order valence-electron chi connectivity index (χ3n) is 4.50. The summed E-state index contributed by atoms with van der Waals surface area (Å²) in [6, 6.07) is 7.32. The second-order valence-electron chi connectivity index (χ2n) is 5.74. The zero-order valence-corrected chi connectivity index (χ0v) is 12.9. The number of fused-ring (bicyclic) bond motifs is 5. The van der Waals surface area contributed by atoms with E-state index >= 15 is 0 Å². The minimum atomic E-state index is -0.431. The molecule has 2 aliphatic rings. The molecule has 6 nitrogen and oxygen atoms in total. The Morgan fingerprint density at radius 3 is 3.04 bits per heavy atom. The summed E-state index contributed by atoms with van der Waals surface area (Å²) >= 11 is 0. The Balaban J connectivity index is 1.96. The van der Waals surface area contributed by atoms with Gasteiger partial charge in [0.2, 0.25) is 0 Å². The Hall–Kier alpha value is -2.63. The highest BCUT2D eigenvalue weighted by Crippen LogP contribution is 2.39. The molecule has 3 heterocycles. The minimum absolute atomic E-state index is 0.0154. The summed E-state index contributed by atoms with van der Waals surface area (Å²) in [6.07, 6.45) is 3.37. The molecule has 1 saturated heterocycles. The van der Waals surface area contributed by atoms with E-state index in [-0.39, 0.29) is 11.9 Å². The first-order valence-electron chi connectivity index (χ1n) is 7.87. The molecule has 2 aromatic rings. The summed E-state index contributed by atoms with van der Waals surface area (Å²) in [5.74, 6) is -0.415. The molecule has 0 N–H and O–H groups in total. The summed E-state index contributed by atoms with van der Waals surface area (Å²) in [5.41, 5.74) is 2.49. The van der Waals surface area contributed by atoms with Gasteiger partial charge in [-0.3, -0.25) is 9.36 Å². The first-order valence-corrected chi connectivity index (χ1v) is 7.87. The van der Waals surface area contributed by atoms with Crippen molar-refractivity contribution in [1.82, 2.24) is 14.5 Å². The van der Waals surface area contributed by atoms with Crippen molar-refractivity contribution in [3.8, 4) is 5.69 Å². The van der Waals surface area contributed by atoms with Crippen molar-refractivity contribution in [2.75, 3.05) is 13.2 Å². The second-order valence-corrected chi connectivity index (χ2v) is 5.74. The van der Waals surface area contributed by atoms with Crippen LogP contribution in [0.1, 0.15) is 52.3 Å². The van der Waals surface area contributed by atoms with Crippen LogP contribution in [0.4, 0.5) is 0 Å². The lowest BCUT2D eigenvalue weighted by atomic mass is 10.1. The average molecular weight is 311 g/mol. The molecule has 23 heavy (non-hydrogen) atoms. The summed E-state index contributed by atoms with van der Waals surface area (Å²) in [4.78, 5) is 31.3. The molecule has 1 aromatic carbocycles. The summed E-state index contributed by atoms with van der Waals surface area (Å²) < 4.78 is 7.01. The molecule has 0 radical (unpaired) electrons. The molecule has 0 aliphatic carbocycles. The molecule has 118 valence electrons. The monoisotopic (exact) mass is 311 g/mol. The maximum Gasteiger partial charge on any atom is 0.358 e. The fraction of sp³-hybridized carbons (Fsp3) is 0.353. The van der Waals surface area contributed by atoms with E-state index in [0.717, 1.165) is 24.2 Å². The van der Waals surface area contributed by atoms with E-state index in [1.54, 1.807) is 13.3 Å². The van der Waals surface area contributed by atoms with Crippen LogP contribution >= 0.6 is 0 Å². The van der Waals surface area contributed by atoms with Gasteiger partial charge in [0.05, 0.1) is 29.6 Å². The molecular weight excluding hydrogens is 294 g/mol. The van der Waals surface area contributed by atoms with Crippen LogP contribution in [0.25, 0.3) is 5.69 Å². The number of esters is 1. The Kier molecular flexibility index (Phi) is 3.18. The highest BCUT2D eigenvalue weighted by molar-refractivity contribution is 5.99. The maximum atomic E-state index is 12.9. The highest BCUT2D eigenvalue weighted by atomic mass is 16.5. The topological polar surface area (TPSA) is 64.4 Å². The van der Waals surface area contributed by atoms with Gasteiger partial charge in [-0.25, -0.2) is 9.78 Å². The smallest absolute Gasteiger partial charge is 0.358 e. The zero-order valence-electron chi connectivity index (χ0n) is 12.9. The third kappa shape index (κ3) is 1.98. The quantitative estimate of drug-likeness (QED) is 0.799. The molecule has 0 bridgehead atoms. The van der Waals surface area contributed by atoms with Crippen molar-refractivity contribution in [2.45, 2.75) is 25.8 Å². The maximum absolute atomic E-state index is 12.9. The summed E-state index contributed by atoms with van der Waals surface area (Å²) in [6.45, 7) is 2.77. The number of aromatic nitrogens is 2. The lowest BCUT2D eigenvalue weighted by Gasteiger charge is -2.22. The van der Waals surface area contributed by atoms with Crippen LogP contribution in [-0.4, -0.2) is 39.5 Å². The van der Waals surface area contributed by atoms with Gasteiger partial charge in [-0.1, -0.05) is 12.1 Å². The number of hydrogen-bond donors (Lipinski definition) is 0. The largest absolute Gasteiger partial charge is 0.461 e. The number of nitrogens with zero attached hydrogens (tertiary/aromatic N) is 3. The zero-order chi connectivity index (χ0) is 16.0. The van der Waals surface area contributed by atoms with E-state index in [9.17, 15) is 9.59 Å². The molecule has 1 amide bonds. The molecule has 4 rings (SSSR count). The molecule has 2 aliphatic heterocycles. The molecule has 6 heteroatoms. The van der Waals surface area contributed by atoms with Gasteiger partial charge in [-0.15, -0.1) is 0 Å². The van der Waals surface area contributed by atoms with Crippen LogP contribution in [0.15, 0.2) is 30.6 Å². The number of hydrogen-bond acceptors (Lipinski definition) is 4. The van der Waals surface area contributed by atoms with Gasteiger partial charge < -0.3 is 9.64 Å². The predicted molar refractivity (Wildman–Crippen MR) is 82.5 cm³/mol.